The third-order valence-corrected chi connectivity index (χ3v) is 4.77. The van der Waals surface area contributed by atoms with Crippen molar-refractivity contribution in [2.24, 2.45) is 4.99 Å². The number of alkyl halides is 3. The monoisotopic (exact) mass is 359 g/mol. The zero-order valence-corrected chi connectivity index (χ0v) is 14.2. The van der Waals surface area contributed by atoms with Gasteiger partial charge in [-0.3, -0.25) is 0 Å². The van der Waals surface area contributed by atoms with Crippen LogP contribution < -0.4 is 10.6 Å². The number of hydrogen-bond acceptors (Lipinski definition) is 3. The predicted molar refractivity (Wildman–Crippen MR) is 90.6 cm³/mol. The van der Waals surface area contributed by atoms with Crippen LogP contribution in [0, 0.1) is 0 Å². The Labute approximate surface area is 143 Å². The van der Waals surface area contributed by atoms with Crippen molar-refractivity contribution >= 4 is 24.0 Å². The van der Waals surface area contributed by atoms with Crippen molar-refractivity contribution in [2.75, 3.05) is 12.4 Å². The van der Waals surface area contributed by atoms with E-state index in [2.05, 4.69) is 15.6 Å². The number of amides is 2. The Morgan fingerprint density at radius 1 is 1.46 bits per heavy atom. The fourth-order valence-electron chi connectivity index (χ4n) is 2.41. The van der Waals surface area contributed by atoms with E-state index in [1.54, 1.807) is 17.8 Å². The van der Waals surface area contributed by atoms with E-state index >= 15 is 0 Å². The van der Waals surface area contributed by atoms with E-state index in [4.69, 9.17) is 0 Å². The maximum absolute atomic E-state index is 13.0. The zero-order chi connectivity index (χ0) is 17.7. The third-order valence-electron chi connectivity index (χ3n) is 3.51. The fourth-order valence-corrected chi connectivity index (χ4v) is 3.53. The molecule has 0 spiro atoms. The van der Waals surface area contributed by atoms with E-state index in [0.29, 0.717) is 12.1 Å². The minimum atomic E-state index is -4.40. The highest BCUT2D eigenvalue weighted by molar-refractivity contribution is 8.00. The number of thioether (sulfide) groups is 1. The van der Waals surface area contributed by atoms with Gasteiger partial charge in [0.15, 0.2) is 0 Å². The number of carbonyl (C=O) groups excluding carboxylic acids is 1. The second-order valence-corrected chi connectivity index (χ2v) is 7.06. The van der Waals surface area contributed by atoms with Crippen LogP contribution in [-0.2, 0) is 6.18 Å². The van der Waals surface area contributed by atoms with Gasteiger partial charge in [0.25, 0.3) is 0 Å². The number of nitrogens with one attached hydrogen (secondary N) is 2. The summed E-state index contributed by atoms with van der Waals surface area (Å²) in [6.07, 6.45) is -2.94. The lowest BCUT2D eigenvalue weighted by Crippen LogP contribution is -2.28. The SMILES string of the molecule is CC(C)NC(=O)N=CC(c1cccc(C(F)(F)F)c1)C1CNCS1. The van der Waals surface area contributed by atoms with Crippen molar-refractivity contribution in [1.82, 2.24) is 10.6 Å². The van der Waals surface area contributed by atoms with Gasteiger partial charge in [-0.1, -0.05) is 18.2 Å². The standard InChI is InChI=1S/C16H20F3N3OS/c1-10(2)22-15(23)21-7-13(14-8-20-9-24-14)11-4-3-5-12(6-11)16(17,18)19/h3-7,10,13-14,20H,8-9H2,1-2H3,(H,22,23). The minimum absolute atomic E-state index is 0.0316. The van der Waals surface area contributed by atoms with Gasteiger partial charge in [0.2, 0.25) is 0 Å². The second-order valence-electron chi connectivity index (χ2n) is 5.83. The highest BCUT2D eigenvalue weighted by Crippen LogP contribution is 2.34. The molecule has 2 unspecified atom stereocenters. The largest absolute Gasteiger partial charge is 0.416 e. The van der Waals surface area contributed by atoms with Gasteiger partial charge in [-0.05, 0) is 25.5 Å². The first-order valence-corrected chi connectivity index (χ1v) is 8.66. The summed E-state index contributed by atoms with van der Waals surface area (Å²) in [6.45, 7) is 4.28. The van der Waals surface area contributed by atoms with Gasteiger partial charge in [-0.2, -0.15) is 13.2 Å². The molecule has 2 N–H and O–H groups in total. The number of halogens is 3. The molecule has 132 valence electrons. The van der Waals surface area contributed by atoms with Crippen molar-refractivity contribution in [3.63, 3.8) is 0 Å². The molecular weight excluding hydrogens is 339 g/mol. The highest BCUT2D eigenvalue weighted by atomic mass is 32.2. The summed E-state index contributed by atoms with van der Waals surface area (Å²) >= 11 is 1.61. The molecule has 1 aromatic rings. The number of aliphatic imine (C=N–C) groups is 1. The zero-order valence-electron chi connectivity index (χ0n) is 13.4. The number of carbonyl (C=O) groups is 1. The molecular formula is C16H20F3N3OS. The summed E-state index contributed by atoms with van der Waals surface area (Å²) in [7, 11) is 0. The molecule has 0 aromatic heterocycles. The molecule has 2 amide bonds. The average Bonchev–Trinajstić information content (AvgIpc) is 3.00. The van der Waals surface area contributed by atoms with Gasteiger partial charge in [-0.25, -0.2) is 9.79 Å². The Morgan fingerprint density at radius 3 is 2.79 bits per heavy atom. The van der Waals surface area contributed by atoms with Gasteiger partial charge in [0.1, 0.15) is 0 Å². The van der Waals surface area contributed by atoms with Gasteiger partial charge in [0, 0.05) is 35.8 Å². The molecule has 0 aliphatic carbocycles. The van der Waals surface area contributed by atoms with E-state index in [9.17, 15) is 18.0 Å². The molecule has 1 aliphatic heterocycles. The number of nitrogens with zero attached hydrogens (tertiary/aromatic N) is 1. The Morgan fingerprint density at radius 2 is 2.21 bits per heavy atom. The smallest absolute Gasteiger partial charge is 0.334 e. The van der Waals surface area contributed by atoms with Crippen LogP contribution in [0.2, 0.25) is 0 Å². The fraction of sp³-hybridized carbons (Fsp3) is 0.500. The molecule has 2 rings (SSSR count). The summed E-state index contributed by atoms with van der Waals surface area (Å²) in [6, 6.07) is 4.67. The van der Waals surface area contributed by atoms with E-state index in [-0.39, 0.29) is 17.2 Å². The van der Waals surface area contributed by atoms with Crippen molar-refractivity contribution in [3.05, 3.63) is 35.4 Å². The molecule has 1 heterocycles. The Hall–Kier alpha value is -1.54. The molecule has 8 heteroatoms. The molecule has 2 atom stereocenters. The van der Waals surface area contributed by atoms with Crippen LogP contribution in [0.15, 0.2) is 29.3 Å². The summed E-state index contributed by atoms with van der Waals surface area (Å²) in [4.78, 5) is 15.6. The topological polar surface area (TPSA) is 53.5 Å². The molecule has 1 saturated heterocycles. The van der Waals surface area contributed by atoms with Crippen LogP contribution >= 0.6 is 11.8 Å². The molecule has 4 nitrogen and oxygen atoms in total. The van der Waals surface area contributed by atoms with E-state index in [0.717, 1.165) is 18.0 Å². The summed E-state index contributed by atoms with van der Waals surface area (Å²) in [5, 5.41) is 5.83. The Kier molecular flexibility index (Phi) is 6.28. The normalized spacial score (nSPS) is 19.8. The van der Waals surface area contributed by atoms with E-state index in [1.165, 1.54) is 12.3 Å². The Balaban J connectivity index is 2.26. The third kappa shape index (κ3) is 5.24. The molecule has 24 heavy (non-hydrogen) atoms. The lowest BCUT2D eigenvalue weighted by atomic mass is 9.94. The summed E-state index contributed by atoms with van der Waals surface area (Å²) in [5.74, 6) is 0.358. The number of urea groups is 1. The number of benzene rings is 1. The van der Waals surface area contributed by atoms with Crippen LogP contribution in [0.1, 0.15) is 30.9 Å². The van der Waals surface area contributed by atoms with Crippen molar-refractivity contribution < 1.29 is 18.0 Å². The summed E-state index contributed by atoms with van der Waals surface area (Å²) in [5.41, 5.74) is -0.187. The number of hydrogen-bond donors (Lipinski definition) is 2. The lowest BCUT2D eigenvalue weighted by molar-refractivity contribution is -0.137. The molecule has 1 fully saturated rings. The first-order valence-electron chi connectivity index (χ1n) is 7.61. The highest BCUT2D eigenvalue weighted by Gasteiger charge is 2.32. The van der Waals surface area contributed by atoms with Crippen molar-refractivity contribution in [2.45, 2.75) is 37.2 Å². The molecule has 0 saturated carbocycles. The van der Waals surface area contributed by atoms with E-state index < -0.39 is 17.8 Å². The van der Waals surface area contributed by atoms with Gasteiger partial charge < -0.3 is 10.6 Å². The molecule has 0 bridgehead atoms. The van der Waals surface area contributed by atoms with Crippen LogP contribution in [0.3, 0.4) is 0 Å². The second kappa shape index (κ2) is 8.02. The van der Waals surface area contributed by atoms with Gasteiger partial charge in [-0.15, -0.1) is 11.8 Å². The van der Waals surface area contributed by atoms with E-state index in [1.807, 2.05) is 13.8 Å². The number of rotatable bonds is 4. The van der Waals surface area contributed by atoms with Crippen LogP contribution in [0.25, 0.3) is 0 Å². The molecule has 1 aromatic carbocycles. The van der Waals surface area contributed by atoms with Crippen LogP contribution in [-0.4, -0.2) is 36.0 Å². The average molecular weight is 359 g/mol. The maximum Gasteiger partial charge on any atom is 0.416 e. The lowest BCUT2D eigenvalue weighted by Gasteiger charge is -2.20. The first-order chi connectivity index (χ1) is 11.3. The van der Waals surface area contributed by atoms with Crippen molar-refractivity contribution in [1.29, 1.82) is 0 Å². The maximum atomic E-state index is 13.0. The molecule has 0 radical (unpaired) electrons. The van der Waals surface area contributed by atoms with Crippen molar-refractivity contribution in [3.8, 4) is 0 Å². The first kappa shape index (κ1) is 18.8. The van der Waals surface area contributed by atoms with Crippen LogP contribution in [0.4, 0.5) is 18.0 Å². The Bertz CT molecular complexity index is 598. The molecule has 1 aliphatic rings. The quantitative estimate of drug-likeness (QED) is 0.807. The van der Waals surface area contributed by atoms with Crippen LogP contribution in [0.5, 0.6) is 0 Å². The minimum Gasteiger partial charge on any atom is -0.334 e. The van der Waals surface area contributed by atoms with Gasteiger partial charge in [0.05, 0.1) is 5.56 Å². The van der Waals surface area contributed by atoms with Gasteiger partial charge >= 0.3 is 12.2 Å². The summed E-state index contributed by atoms with van der Waals surface area (Å²) < 4.78 is 38.9. The predicted octanol–water partition coefficient (Wildman–Crippen LogP) is 3.64.